The molecule has 1 aromatic carbocycles. The van der Waals surface area contributed by atoms with Crippen molar-refractivity contribution in [2.75, 3.05) is 18.1 Å². The molecule has 0 aliphatic rings. The minimum atomic E-state index is -0.307. The predicted molar refractivity (Wildman–Crippen MR) is 92.9 cm³/mol. The number of anilines is 1. The third kappa shape index (κ3) is 4.33. The van der Waals surface area contributed by atoms with Crippen LogP contribution in [0.5, 0.6) is 0 Å². The Morgan fingerprint density at radius 2 is 1.87 bits per heavy atom. The molecule has 0 atom stereocenters. The van der Waals surface area contributed by atoms with E-state index in [1.165, 1.54) is 35.2 Å². The fourth-order valence-electron chi connectivity index (χ4n) is 1.96. The molecule has 0 fully saturated rings. The van der Waals surface area contributed by atoms with Crippen molar-refractivity contribution < 1.29 is 14.0 Å². The fourth-order valence-corrected chi connectivity index (χ4v) is 3.73. The van der Waals surface area contributed by atoms with E-state index in [0.29, 0.717) is 10.6 Å². The Kier molecular flexibility index (Phi) is 5.79. The zero-order valence-corrected chi connectivity index (χ0v) is 14.7. The van der Waals surface area contributed by atoms with Gasteiger partial charge in [-0.1, -0.05) is 0 Å². The highest BCUT2D eigenvalue weighted by Gasteiger charge is 2.20. The second kappa shape index (κ2) is 7.61. The van der Waals surface area contributed by atoms with Gasteiger partial charge in [0.25, 0.3) is 5.91 Å². The van der Waals surface area contributed by atoms with Gasteiger partial charge < -0.3 is 10.6 Å². The molecule has 0 aliphatic carbocycles. The van der Waals surface area contributed by atoms with Gasteiger partial charge in [-0.15, -0.1) is 23.1 Å². The molecule has 1 heterocycles. The van der Waals surface area contributed by atoms with E-state index in [9.17, 15) is 14.0 Å². The topological polar surface area (TPSA) is 58.2 Å². The van der Waals surface area contributed by atoms with Crippen molar-refractivity contribution in [3.63, 3.8) is 0 Å². The summed E-state index contributed by atoms with van der Waals surface area (Å²) >= 11 is 2.70. The molecule has 2 rings (SSSR count). The van der Waals surface area contributed by atoms with Crippen molar-refractivity contribution in [1.82, 2.24) is 5.32 Å². The van der Waals surface area contributed by atoms with Crippen molar-refractivity contribution in [2.24, 2.45) is 0 Å². The van der Waals surface area contributed by atoms with Crippen LogP contribution in [0.3, 0.4) is 0 Å². The normalized spacial score (nSPS) is 10.4. The summed E-state index contributed by atoms with van der Waals surface area (Å²) < 4.78 is 12.8. The molecule has 7 heteroatoms. The smallest absolute Gasteiger partial charge is 0.254 e. The molecular weight excluding hydrogens is 335 g/mol. The van der Waals surface area contributed by atoms with Crippen LogP contribution in [0.15, 0.2) is 29.2 Å². The second-order valence-corrected chi connectivity index (χ2v) is 7.13. The van der Waals surface area contributed by atoms with E-state index in [0.717, 1.165) is 15.3 Å². The van der Waals surface area contributed by atoms with Crippen LogP contribution in [0.2, 0.25) is 0 Å². The van der Waals surface area contributed by atoms with E-state index < -0.39 is 0 Å². The standard InChI is InChI=1S/C16H17FN2O2S2/c1-9-10(2)23-16(14(9)15(21)18-3)19-13(20)8-22-12-6-4-11(17)5-7-12/h4-7H,8H2,1-3H3,(H,18,21)(H,19,20). The molecule has 0 spiro atoms. The first-order chi connectivity index (χ1) is 10.9. The molecule has 2 aromatic rings. The summed E-state index contributed by atoms with van der Waals surface area (Å²) in [6.07, 6.45) is 0. The van der Waals surface area contributed by atoms with Gasteiger partial charge in [-0.2, -0.15) is 0 Å². The fraction of sp³-hybridized carbons (Fsp3) is 0.250. The number of carbonyl (C=O) groups excluding carboxylic acids is 2. The van der Waals surface area contributed by atoms with Gasteiger partial charge in [0.15, 0.2) is 0 Å². The zero-order chi connectivity index (χ0) is 17.0. The Hall–Kier alpha value is -1.86. The van der Waals surface area contributed by atoms with Crippen molar-refractivity contribution >= 4 is 39.9 Å². The summed E-state index contributed by atoms with van der Waals surface area (Å²) in [4.78, 5) is 25.9. The summed E-state index contributed by atoms with van der Waals surface area (Å²) in [6, 6.07) is 5.97. The first-order valence-corrected chi connectivity index (χ1v) is 8.73. The van der Waals surface area contributed by atoms with E-state index in [4.69, 9.17) is 0 Å². The van der Waals surface area contributed by atoms with E-state index in [1.54, 1.807) is 19.2 Å². The summed E-state index contributed by atoms with van der Waals surface area (Å²) in [7, 11) is 1.56. The number of rotatable bonds is 5. The number of thiophene rings is 1. The van der Waals surface area contributed by atoms with Gasteiger partial charge in [-0.25, -0.2) is 4.39 Å². The van der Waals surface area contributed by atoms with Gasteiger partial charge in [-0.05, 0) is 43.7 Å². The first-order valence-electron chi connectivity index (χ1n) is 6.92. The van der Waals surface area contributed by atoms with Crippen LogP contribution >= 0.6 is 23.1 Å². The molecule has 4 nitrogen and oxygen atoms in total. The average molecular weight is 352 g/mol. The molecule has 122 valence electrons. The van der Waals surface area contributed by atoms with E-state index in [2.05, 4.69) is 10.6 Å². The molecule has 23 heavy (non-hydrogen) atoms. The van der Waals surface area contributed by atoms with Crippen molar-refractivity contribution in [3.05, 3.63) is 46.1 Å². The highest BCUT2D eigenvalue weighted by Crippen LogP contribution is 2.32. The number of nitrogens with one attached hydrogen (secondary N) is 2. The summed E-state index contributed by atoms with van der Waals surface area (Å²) in [5.41, 5.74) is 1.38. The third-order valence-corrected chi connectivity index (χ3v) is 5.41. The van der Waals surface area contributed by atoms with Crippen LogP contribution in [-0.4, -0.2) is 24.6 Å². The minimum absolute atomic E-state index is 0.189. The van der Waals surface area contributed by atoms with Crippen LogP contribution in [0.25, 0.3) is 0 Å². The number of carbonyl (C=O) groups is 2. The molecule has 0 aliphatic heterocycles. The van der Waals surface area contributed by atoms with Crippen molar-refractivity contribution in [2.45, 2.75) is 18.7 Å². The number of aryl methyl sites for hydroxylation is 1. The molecular formula is C16H17FN2O2S2. The molecule has 0 radical (unpaired) electrons. The Balaban J connectivity index is 2.04. The van der Waals surface area contributed by atoms with Crippen molar-refractivity contribution in [1.29, 1.82) is 0 Å². The van der Waals surface area contributed by atoms with Crippen LogP contribution in [-0.2, 0) is 4.79 Å². The van der Waals surface area contributed by atoms with E-state index >= 15 is 0 Å². The summed E-state index contributed by atoms with van der Waals surface area (Å²) in [5.74, 6) is -0.535. The minimum Gasteiger partial charge on any atom is -0.355 e. The van der Waals surface area contributed by atoms with Crippen LogP contribution in [0, 0.1) is 19.7 Å². The van der Waals surface area contributed by atoms with E-state index in [1.807, 2.05) is 13.8 Å². The molecule has 0 bridgehead atoms. The number of hydrogen-bond acceptors (Lipinski definition) is 4. The maximum atomic E-state index is 12.8. The van der Waals surface area contributed by atoms with Crippen LogP contribution in [0.4, 0.5) is 9.39 Å². The Bertz CT molecular complexity index is 726. The number of amides is 2. The lowest BCUT2D eigenvalue weighted by Gasteiger charge is -2.06. The lowest BCUT2D eigenvalue weighted by atomic mass is 10.1. The van der Waals surface area contributed by atoms with Gasteiger partial charge in [0.2, 0.25) is 5.91 Å². The maximum Gasteiger partial charge on any atom is 0.254 e. The van der Waals surface area contributed by atoms with Gasteiger partial charge in [-0.3, -0.25) is 9.59 Å². The first kappa shape index (κ1) is 17.5. The highest BCUT2D eigenvalue weighted by molar-refractivity contribution is 8.00. The van der Waals surface area contributed by atoms with Crippen molar-refractivity contribution in [3.8, 4) is 0 Å². The second-order valence-electron chi connectivity index (χ2n) is 4.86. The van der Waals surface area contributed by atoms with Gasteiger partial charge in [0.1, 0.15) is 10.8 Å². The molecule has 0 saturated carbocycles. The lowest BCUT2D eigenvalue weighted by Crippen LogP contribution is -2.21. The van der Waals surface area contributed by atoms with Gasteiger partial charge >= 0.3 is 0 Å². The Morgan fingerprint density at radius 3 is 2.48 bits per heavy atom. The maximum absolute atomic E-state index is 12.8. The Morgan fingerprint density at radius 1 is 1.22 bits per heavy atom. The Labute approximate surface area is 142 Å². The molecule has 1 aromatic heterocycles. The number of thioether (sulfide) groups is 1. The van der Waals surface area contributed by atoms with Crippen LogP contribution < -0.4 is 10.6 Å². The highest BCUT2D eigenvalue weighted by atomic mass is 32.2. The SMILES string of the molecule is CNC(=O)c1c(NC(=O)CSc2ccc(F)cc2)sc(C)c1C. The van der Waals surface area contributed by atoms with Gasteiger partial charge in [0.05, 0.1) is 11.3 Å². The average Bonchev–Trinajstić information content (AvgIpc) is 2.80. The lowest BCUT2D eigenvalue weighted by molar-refractivity contribution is -0.113. The van der Waals surface area contributed by atoms with Gasteiger partial charge in [0, 0.05) is 16.8 Å². The third-order valence-electron chi connectivity index (χ3n) is 3.28. The summed E-state index contributed by atoms with van der Waals surface area (Å²) in [5, 5.41) is 5.94. The van der Waals surface area contributed by atoms with Crippen LogP contribution in [0.1, 0.15) is 20.8 Å². The monoisotopic (exact) mass is 352 g/mol. The zero-order valence-electron chi connectivity index (χ0n) is 13.0. The number of hydrogen-bond donors (Lipinski definition) is 2. The molecule has 0 unspecified atom stereocenters. The molecule has 2 amide bonds. The largest absolute Gasteiger partial charge is 0.355 e. The van der Waals surface area contributed by atoms with E-state index in [-0.39, 0.29) is 23.4 Å². The number of halogens is 1. The quantitative estimate of drug-likeness (QED) is 0.809. The predicted octanol–water partition coefficient (Wildman–Crippen LogP) is 3.59. The number of benzene rings is 1. The summed E-state index contributed by atoms with van der Waals surface area (Å²) in [6.45, 7) is 3.77. The molecule has 2 N–H and O–H groups in total. The molecule has 0 saturated heterocycles.